The molecule has 1 saturated carbocycles. The maximum atomic E-state index is 12.6. The van der Waals surface area contributed by atoms with Crippen molar-refractivity contribution in [2.24, 2.45) is 17.3 Å². The zero-order valence-corrected chi connectivity index (χ0v) is 11.9. The predicted octanol–water partition coefficient (Wildman–Crippen LogP) is 1.37. The minimum Gasteiger partial charge on any atom is -0.481 e. The smallest absolute Gasteiger partial charge is 0.311 e. The Balaban J connectivity index is 2.09. The maximum Gasteiger partial charge on any atom is 0.311 e. The molecule has 19 heavy (non-hydrogen) atoms. The van der Waals surface area contributed by atoms with Crippen LogP contribution in [0, 0.1) is 17.3 Å². The Morgan fingerprint density at radius 2 is 2.00 bits per heavy atom. The van der Waals surface area contributed by atoms with Crippen LogP contribution in [0.2, 0.25) is 0 Å². The van der Waals surface area contributed by atoms with Gasteiger partial charge in [-0.1, -0.05) is 20.3 Å². The van der Waals surface area contributed by atoms with E-state index >= 15 is 0 Å². The molecule has 3 atom stereocenters. The summed E-state index contributed by atoms with van der Waals surface area (Å²) in [6.07, 6.45) is 3.03. The van der Waals surface area contributed by atoms with Crippen molar-refractivity contribution < 1.29 is 19.4 Å². The summed E-state index contributed by atoms with van der Waals surface area (Å²) in [5.41, 5.74) is 0.0174. The second-order valence-electron chi connectivity index (χ2n) is 6.43. The minimum absolute atomic E-state index is 0.00699. The van der Waals surface area contributed by atoms with Gasteiger partial charge in [0.25, 0.3) is 0 Å². The van der Waals surface area contributed by atoms with Crippen LogP contribution in [0.25, 0.3) is 0 Å². The van der Waals surface area contributed by atoms with Gasteiger partial charge in [0.15, 0.2) is 0 Å². The summed E-state index contributed by atoms with van der Waals surface area (Å²) < 4.78 is 5.24. The van der Waals surface area contributed by atoms with E-state index in [0.717, 1.165) is 19.3 Å². The van der Waals surface area contributed by atoms with Crippen LogP contribution in [-0.2, 0) is 14.3 Å². The number of carbonyl (C=O) groups is 2. The zero-order valence-electron chi connectivity index (χ0n) is 11.9. The first-order chi connectivity index (χ1) is 8.84. The SMILES string of the molecule is CN(C(=O)C1CCCC1(C)C)C1COCC1C(=O)O. The topological polar surface area (TPSA) is 66.8 Å². The van der Waals surface area contributed by atoms with Gasteiger partial charge in [0.05, 0.1) is 19.3 Å². The number of nitrogens with zero attached hydrogens (tertiary/aromatic N) is 1. The number of hydrogen-bond acceptors (Lipinski definition) is 3. The summed E-state index contributed by atoms with van der Waals surface area (Å²) in [5, 5.41) is 9.16. The van der Waals surface area contributed by atoms with Crippen molar-refractivity contribution in [2.45, 2.75) is 39.2 Å². The maximum absolute atomic E-state index is 12.6. The molecule has 5 nitrogen and oxygen atoms in total. The van der Waals surface area contributed by atoms with E-state index in [2.05, 4.69) is 13.8 Å². The minimum atomic E-state index is -0.882. The van der Waals surface area contributed by atoms with Crippen LogP contribution in [0.5, 0.6) is 0 Å². The van der Waals surface area contributed by atoms with E-state index in [1.54, 1.807) is 11.9 Å². The fourth-order valence-electron chi connectivity index (χ4n) is 3.35. The average molecular weight is 269 g/mol. The van der Waals surface area contributed by atoms with Crippen molar-refractivity contribution in [2.75, 3.05) is 20.3 Å². The molecule has 3 unspecified atom stereocenters. The number of hydrogen-bond donors (Lipinski definition) is 1. The van der Waals surface area contributed by atoms with Crippen LogP contribution in [0.3, 0.4) is 0 Å². The van der Waals surface area contributed by atoms with Gasteiger partial charge in [-0.15, -0.1) is 0 Å². The highest BCUT2D eigenvalue weighted by atomic mass is 16.5. The number of aliphatic carboxylic acids is 1. The molecule has 0 aromatic carbocycles. The molecule has 5 heteroatoms. The molecule has 1 aliphatic carbocycles. The molecule has 1 heterocycles. The molecule has 0 aromatic heterocycles. The van der Waals surface area contributed by atoms with Crippen LogP contribution >= 0.6 is 0 Å². The molecule has 1 saturated heterocycles. The van der Waals surface area contributed by atoms with E-state index in [1.807, 2.05) is 0 Å². The fraction of sp³-hybridized carbons (Fsp3) is 0.857. The van der Waals surface area contributed by atoms with E-state index in [1.165, 1.54) is 0 Å². The van der Waals surface area contributed by atoms with Crippen molar-refractivity contribution in [3.05, 3.63) is 0 Å². The number of likely N-dealkylation sites (N-methyl/N-ethyl adjacent to an activating group) is 1. The highest BCUT2D eigenvalue weighted by Crippen LogP contribution is 2.43. The molecule has 0 bridgehead atoms. The molecule has 0 aromatic rings. The van der Waals surface area contributed by atoms with Gasteiger partial charge in [-0.3, -0.25) is 9.59 Å². The molecule has 2 rings (SSSR count). The van der Waals surface area contributed by atoms with Crippen LogP contribution in [0.4, 0.5) is 0 Å². The van der Waals surface area contributed by atoms with Gasteiger partial charge >= 0.3 is 5.97 Å². The van der Waals surface area contributed by atoms with Crippen LogP contribution < -0.4 is 0 Å². The first-order valence-corrected chi connectivity index (χ1v) is 6.92. The van der Waals surface area contributed by atoms with Crippen molar-refractivity contribution >= 4 is 11.9 Å². The van der Waals surface area contributed by atoms with Crippen LogP contribution in [0.15, 0.2) is 0 Å². The number of amides is 1. The number of ether oxygens (including phenoxy) is 1. The number of carboxylic acids is 1. The van der Waals surface area contributed by atoms with Crippen molar-refractivity contribution in [3.63, 3.8) is 0 Å². The second kappa shape index (κ2) is 5.12. The molecule has 1 amide bonds. The number of carbonyl (C=O) groups excluding carboxylic acids is 1. The number of rotatable bonds is 3. The van der Waals surface area contributed by atoms with Gasteiger partial charge in [-0.25, -0.2) is 0 Å². The first-order valence-electron chi connectivity index (χ1n) is 6.92. The van der Waals surface area contributed by atoms with Gasteiger partial charge in [0.1, 0.15) is 5.92 Å². The van der Waals surface area contributed by atoms with Crippen molar-refractivity contribution in [3.8, 4) is 0 Å². The zero-order chi connectivity index (χ0) is 14.2. The molecule has 1 N–H and O–H groups in total. The Labute approximate surface area is 113 Å². The lowest BCUT2D eigenvalue weighted by atomic mass is 9.80. The third-order valence-corrected chi connectivity index (χ3v) is 4.77. The summed E-state index contributed by atoms with van der Waals surface area (Å²) in [7, 11) is 1.71. The summed E-state index contributed by atoms with van der Waals surface area (Å²) in [6, 6.07) is -0.332. The van der Waals surface area contributed by atoms with Gasteiger partial charge < -0.3 is 14.7 Å². The molecule has 2 aliphatic rings. The van der Waals surface area contributed by atoms with Gasteiger partial charge in [-0.05, 0) is 18.3 Å². The van der Waals surface area contributed by atoms with E-state index in [4.69, 9.17) is 9.84 Å². The second-order valence-corrected chi connectivity index (χ2v) is 6.43. The van der Waals surface area contributed by atoms with E-state index in [9.17, 15) is 9.59 Å². The Morgan fingerprint density at radius 1 is 1.32 bits per heavy atom. The van der Waals surface area contributed by atoms with E-state index < -0.39 is 11.9 Å². The standard InChI is InChI=1S/C14H23NO4/c1-14(2)6-4-5-10(14)12(16)15(3)11-8-19-7-9(11)13(17)18/h9-11H,4-8H2,1-3H3,(H,17,18). The Hall–Kier alpha value is -1.10. The van der Waals surface area contributed by atoms with Gasteiger partial charge in [0.2, 0.25) is 5.91 Å². The lowest BCUT2D eigenvalue weighted by Crippen LogP contribution is -2.48. The normalized spacial score (nSPS) is 33.3. The van der Waals surface area contributed by atoms with Crippen molar-refractivity contribution in [1.82, 2.24) is 4.90 Å². The van der Waals surface area contributed by atoms with E-state index in [0.29, 0.717) is 6.61 Å². The van der Waals surface area contributed by atoms with Gasteiger partial charge in [0, 0.05) is 13.0 Å². The molecule has 2 fully saturated rings. The third-order valence-electron chi connectivity index (χ3n) is 4.77. The average Bonchev–Trinajstić information content (AvgIpc) is 2.92. The lowest BCUT2D eigenvalue weighted by Gasteiger charge is -2.33. The Morgan fingerprint density at radius 3 is 2.53 bits per heavy atom. The summed E-state index contributed by atoms with van der Waals surface area (Å²) >= 11 is 0. The fourth-order valence-corrected chi connectivity index (χ4v) is 3.35. The van der Waals surface area contributed by atoms with Gasteiger partial charge in [-0.2, -0.15) is 0 Å². The molecule has 0 spiro atoms. The molecule has 0 radical (unpaired) electrons. The predicted molar refractivity (Wildman–Crippen MR) is 69.6 cm³/mol. The summed E-state index contributed by atoms with van der Waals surface area (Å²) in [5.74, 6) is -1.40. The highest BCUT2D eigenvalue weighted by molar-refractivity contribution is 5.81. The summed E-state index contributed by atoms with van der Waals surface area (Å²) in [6.45, 7) is 4.77. The monoisotopic (exact) mass is 269 g/mol. The molecular weight excluding hydrogens is 246 g/mol. The van der Waals surface area contributed by atoms with Crippen molar-refractivity contribution in [1.29, 1.82) is 0 Å². The number of carboxylic acid groups (broad SMARTS) is 1. The molecular formula is C14H23NO4. The highest BCUT2D eigenvalue weighted by Gasteiger charge is 2.45. The Kier molecular flexibility index (Phi) is 3.85. The molecule has 1 aliphatic heterocycles. The summed E-state index contributed by atoms with van der Waals surface area (Å²) in [4.78, 5) is 25.4. The Bertz CT molecular complexity index is 380. The third kappa shape index (κ3) is 2.61. The first kappa shape index (κ1) is 14.3. The van der Waals surface area contributed by atoms with E-state index in [-0.39, 0.29) is 29.9 Å². The lowest BCUT2D eigenvalue weighted by molar-refractivity contribution is -0.146. The quantitative estimate of drug-likeness (QED) is 0.840. The molecule has 108 valence electrons. The van der Waals surface area contributed by atoms with Crippen LogP contribution in [-0.4, -0.2) is 48.2 Å². The largest absolute Gasteiger partial charge is 0.481 e. The van der Waals surface area contributed by atoms with Crippen LogP contribution in [0.1, 0.15) is 33.1 Å².